The van der Waals surface area contributed by atoms with Gasteiger partial charge in [0.25, 0.3) is 0 Å². The fourth-order valence-electron chi connectivity index (χ4n) is 2.77. The largest absolute Gasteiger partial charge is 0.477 e. The van der Waals surface area contributed by atoms with Crippen molar-refractivity contribution in [1.82, 2.24) is 4.57 Å². The molecule has 128 valence electrons. The van der Waals surface area contributed by atoms with Crippen molar-refractivity contribution >= 4 is 22.6 Å². The lowest BCUT2D eigenvalue weighted by Gasteiger charge is -2.15. The van der Waals surface area contributed by atoms with Crippen LogP contribution in [0.1, 0.15) is 15.9 Å². The summed E-state index contributed by atoms with van der Waals surface area (Å²) < 4.78 is 15.7. The number of hydrogen-bond donors (Lipinski definition) is 1. The SMILES string of the molecule is CN(C)c1ccc(Cn2cc(C(=O)O)c(=O)c3c(F)cccc32)cc1. The fourth-order valence-corrected chi connectivity index (χ4v) is 2.77. The lowest BCUT2D eigenvalue weighted by molar-refractivity contribution is 0.0695. The Morgan fingerprint density at radius 3 is 2.44 bits per heavy atom. The summed E-state index contributed by atoms with van der Waals surface area (Å²) in [5, 5.41) is 9.06. The molecule has 0 fully saturated rings. The molecule has 0 amide bonds. The summed E-state index contributed by atoms with van der Waals surface area (Å²) in [6.45, 7) is 0.328. The minimum atomic E-state index is -1.37. The predicted molar refractivity (Wildman–Crippen MR) is 95.0 cm³/mol. The Bertz CT molecular complexity index is 1010. The third kappa shape index (κ3) is 3.10. The van der Waals surface area contributed by atoms with Crippen LogP contribution in [0.2, 0.25) is 0 Å². The highest BCUT2D eigenvalue weighted by Crippen LogP contribution is 2.18. The van der Waals surface area contributed by atoms with Crippen LogP contribution in [-0.2, 0) is 6.54 Å². The van der Waals surface area contributed by atoms with E-state index in [1.807, 2.05) is 43.3 Å². The third-order valence-corrected chi connectivity index (χ3v) is 4.09. The number of carboxylic acid groups (broad SMARTS) is 1. The van der Waals surface area contributed by atoms with E-state index in [0.717, 1.165) is 17.3 Å². The second-order valence-electron chi connectivity index (χ2n) is 6.00. The highest BCUT2D eigenvalue weighted by molar-refractivity contribution is 5.92. The predicted octanol–water partition coefficient (Wildman–Crippen LogP) is 2.95. The molecular weight excluding hydrogens is 323 g/mol. The molecule has 2 aromatic carbocycles. The summed E-state index contributed by atoms with van der Waals surface area (Å²) >= 11 is 0. The van der Waals surface area contributed by atoms with E-state index in [-0.39, 0.29) is 5.39 Å². The molecule has 0 bridgehead atoms. The summed E-state index contributed by atoms with van der Waals surface area (Å²) in [5.41, 5.74) is 1.07. The lowest BCUT2D eigenvalue weighted by atomic mass is 10.1. The van der Waals surface area contributed by atoms with Crippen molar-refractivity contribution in [3.63, 3.8) is 0 Å². The number of aromatic carboxylic acids is 1. The first-order valence-corrected chi connectivity index (χ1v) is 7.69. The zero-order valence-corrected chi connectivity index (χ0v) is 13.9. The van der Waals surface area contributed by atoms with Crippen LogP contribution in [0.25, 0.3) is 10.9 Å². The van der Waals surface area contributed by atoms with E-state index in [0.29, 0.717) is 12.1 Å². The number of hydrogen-bond acceptors (Lipinski definition) is 3. The van der Waals surface area contributed by atoms with Crippen LogP contribution >= 0.6 is 0 Å². The van der Waals surface area contributed by atoms with Gasteiger partial charge in [-0.1, -0.05) is 18.2 Å². The van der Waals surface area contributed by atoms with Gasteiger partial charge in [0.2, 0.25) is 5.43 Å². The minimum absolute atomic E-state index is 0.202. The number of anilines is 1. The molecule has 0 aliphatic carbocycles. The average Bonchev–Trinajstić information content (AvgIpc) is 2.57. The summed E-state index contributed by atoms with van der Waals surface area (Å²) in [6.07, 6.45) is 1.27. The monoisotopic (exact) mass is 340 g/mol. The van der Waals surface area contributed by atoms with Crippen molar-refractivity contribution in [2.45, 2.75) is 6.54 Å². The molecule has 0 unspecified atom stereocenters. The molecule has 1 heterocycles. The van der Waals surface area contributed by atoms with Gasteiger partial charge in [0.15, 0.2) is 0 Å². The second-order valence-corrected chi connectivity index (χ2v) is 6.00. The maximum absolute atomic E-state index is 14.1. The standard InChI is InChI=1S/C19H17FN2O3/c1-21(2)13-8-6-12(7-9-13)10-22-11-14(19(24)25)18(23)17-15(20)4-3-5-16(17)22/h3-9,11H,10H2,1-2H3,(H,24,25). The maximum atomic E-state index is 14.1. The van der Waals surface area contributed by atoms with Gasteiger partial charge in [-0.05, 0) is 29.8 Å². The van der Waals surface area contributed by atoms with Crippen molar-refractivity contribution in [2.24, 2.45) is 0 Å². The fraction of sp³-hybridized carbons (Fsp3) is 0.158. The van der Waals surface area contributed by atoms with E-state index in [9.17, 15) is 19.1 Å². The molecular formula is C19H17FN2O3. The van der Waals surface area contributed by atoms with E-state index in [4.69, 9.17) is 0 Å². The Morgan fingerprint density at radius 2 is 1.84 bits per heavy atom. The number of fused-ring (bicyclic) bond motifs is 1. The van der Waals surface area contributed by atoms with Gasteiger partial charge in [-0.2, -0.15) is 0 Å². The molecule has 5 nitrogen and oxygen atoms in total. The first-order valence-electron chi connectivity index (χ1n) is 7.69. The van der Waals surface area contributed by atoms with Gasteiger partial charge in [-0.25, -0.2) is 9.18 Å². The van der Waals surface area contributed by atoms with Crippen LogP contribution in [-0.4, -0.2) is 29.7 Å². The topological polar surface area (TPSA) is 62.5 Å². The zero-order valence-electron chi connectivity index (χ0n) is 13.9. The lowest BCUT2D eigenvalue weighted by Crippen LogP contribution is -2.20. The van der Waals surface area contributed by atoms with Gasteiger partial charge in [0.05, 0.1) is 10.9 Å². The van der Waals surface area contributed by atoms with Crippen molar-refractivity contribution in [2.75, 3.05) is 19.0 Å². The van der Waals surface area contributed by atoms with E-state index >= 15 is 0 Å². The van der Waals surface area contributed by atoms with E-state index in [1.54, 1.807) is 10.6 Å². The van der Waals surface area contributed by atoms with Crippen molar-refractivity contribution < 1.29 is 14.3 Å². The number of rotatable bonds is 4. The number of aromatic nitrogens is 1. The normalized spacial score (nSPS) is 10.8. The molecule has 0 aliphatic rings. The van der Waals surface area contributed by atoms with Gasteiger partial charge < -0.3 is 14.6 Å². The number of halogens is 1. The Labute approximate surface area is 143 Å². The van der Waals surface area contributed by atoms with Gasteiger partial charge >= 0.3 is 5.97 Å². The minimum Gasteiger partial charge on any atom is -0.477 e. The number of benzene rings is 2. The van der Waals surface area contributed by atoms with E-state index < -0.39 is 22.8 Å². The second kappa shape index (κ2) is 6.39. The quantitative estimate of drug-likeness (QED) is 0.793. The molecule has 0 spiro atoms. The van der Waals surface area contributed by atoms with Crippen molar-refractivity contribution in [3.05, 3.63) is 75.8 Å². The smallest absolute Gasteiger partial charge is 0.341 e. The number of pyridine rings is 1. The zero-order chi connectivity index (χ0) is 18.1. The molecule has 0 atom stereocenters. The maximum Gasteiger partial charge on any atom is 0.341 e. The van der Waals surface area contributed by atoms with Gasteiger partial charge in [0.1, 0.15) is 11.4 Å². The first kappa shape index (κ1) is 16.7. The number of carboxylic acids is 1. The van der Waals surface area contributed by atoms with Crippen LogP contribution in [0.4, 0.5) is 10.1 Å². The summed E-state index contributed by atoms with van der Waals surface area (Å²) in [4.78, 5) is 25.6. The molecule has 3 aromatic rings. The molecule has 0 saturated carbocycles. The molecule has 0 aliphatic heterocycles. The molecule has 6 heteroatoms. The average molecular weight is 340 g/mol. The van der Waals surface area contributed by atoms with Crippen molar-refractivity contribution in [1.29, 1.82) is 0 Å². The molecule has 0 radical (unpaired) electrons. The van der Waals surface area contributed by atoms with Crippen LogP contribution in [0.5, 0.6) is 0 Å². The summed E-state index contributed by atoms with van der Waals surface area (Å²) in [7, 11) is 3.87. The Morgan fingerprint density at radius 1 is 1.16 bits per heavy atom. The van der Waals surface area contributed by atoms with E-state index in [1.165, 1.54) is 12.3 Å². The Kier molecular flexibility index (Phi) is 4.27. The Hall–Kier alpha value is -3.15. The van der Waals surface area contributed by atoms with Crippen LogP contribution in [0.15, 0.2) is 53.5 Å². The molecule has 1 aromatic heterocycles. The van der Waals surface area contributed by atoms with Gasteiger partial charge in [0, 0.05) is 32.5 Å². The summed E-state index contributed by atoms with van der Waals surface area (Å²) in [6, 6.07) is 12.0. The molecule has 0 saturated heterocycles. The van der Waals surface area contributed by atoms with Gasteiger partial charge in [-0.3, -0.25) is 4.79 Å². The highest BCUT2D eigenvalue weighted by Gasteiger charge is 2.17. The summed E-state index contributed by atoms with van der Waals surface area (Å²) in [5.74, 6) is -2.09. The first-order chi connectivity index (χ1) is 11.9. The van der Waals surface area contributed by atoms with E-state index in [2.05, 4.69) is 0 Å². The van der Waals surface area contributed by atoms with Crippen LogP contribution in [0, 0.1) is 5.82 Å². The Balaban J connectivity index is 2.15. The molecule has 1 N–H and O–H groups in total. The molecule has 25 heavy (non-hydrogen) atoms. The number of carbonyl (C=O) groups is 1. The highest BCUT2D eigenvalue weighted by atomic mass is 19.1. The molecule has 3 rings (SSSR count). The van der Waals surface area contributed by atoms with Crippen LogP contribution in [0.3, 0.4) is 0 Å². The number of nitrogens with zero attached hydrogens (tertiary/aromatic N) is 2. The van der Waals surface area contributed by atoms with Crippen molar-refractivity contribution in [3.8, 4) is 0 Å². The van der Waals surface area contributed by atoms with Crippen LogP contribution < -0.4 is 10.3 Å². The third-order valence-electron chi connectivity index (χ3n) is 4.09. The van der Waals surface area contributed by atoms with Gasteiger partial charge in [-0.15, -0.1) is 0 Å².